The monoisotopic (exact) mass is 336 g/mol. The summed E-state index contributed by atoms with van der Waals surface area (Å²) in [4.78, 5) is 0. The molecule has 0 aliphatic rings. The molecule has 0 heterocycles. The van der Waals surface area contributed by atoms with Crippen LogP contribution in [0.4, 0.5) is 0 Å². The zero-order valence-electron chi connectivity index (χ0n) is 6.09. The van der Waals surface area contributed by atoms with Crippen LogP contribution in [0.25, 0.3) is 0 Å². The summed E-state index contributed by atoms with van der Waals surface area (Å²) in [5.41, 5.74) is 6.39. The third-order valence-electron chi connectivity index (χ3n) is 1.38. The normalized spacial score (nSPS) is 12.2. The van der Waals surface area contributed by atoms with E-state index >= 15 is 0 Å². The molecule has 2 nitrogen and oxygen atoms in total. The van der Waals surface area contributed by atoms with Crippen molar-refractivity contribution in [3.8, 4) is 6.07 Å². The van der Waals surface area contributed by atoms with Crippen LogP contribution in [0.2, 0.25) is 0 Å². The molecule has 1 atom stereocenters. The number of nitriles is 1. The minimum Gasteiger partial charge on any atom is -0.312 e. The van der Waals surface area contributed by atoms with Crippen molar-refractivity contribution in [2.45, 2.75) is 6.04 Å². The van der Waals surface area contributed by atoms with Gasteiger partial charge in [-0.25, -0.2) is 0 Å². The van der Waals surface area contributed by atoms with Crippen molar-refractivity contribution in [1.82, 2.24) is 0 Å². The zero-order chi connectivity index (χ0) is 9.14. The Kier molecular flexibility index (Phi) is 3.50. The number of benzene rings is 1. The predicted molar refractivity (Wildman–Crippen MR) is 59.4 cm³/mol. The number of hydrogen-bond acceptors (Lipinski definition) is 2. The van der Waals surface area contributed by atoms with E-state index in [1.54, 1.807) is 0 Å². The molecule has 1 aromatic carbocycles. The molecule has 0 aliphatic carbocycles. The summed E-state index contributed by atoms with van der Waals surface area (Å²) in [6.07, 6.45) is 0. The van der Waals surface area contributed by atoms with Crippen LogP contribution in [-0.4, -0.2) is 0 Å². The second kappa shape index (κ2) is 4.21. The average Bonchev–Trinajstić information content (AvgIpc) is 2.01. The average molecular weight is 337 g/mol. The summed E-state index contributed by atoms with van der Waals surface area (Å²) >= 11 is 5.53. The van der Waals surface area contributed by atoms with E-state index in [1.807, 2.05) is 24.3 Å². The second-order valence-corrected chi connectivity index (χ2v) is 4.47. The van der Waals surface area contributed by atoms with Crippen molar-refractivity contribution in [1.29, 1.82) is 5.26 Å². The lowest BCUT2D eigenvalue weighted by Crippen LogP contribution is -2.07. The highest BCUT2D eigenvalue weighted by molar-refractivity contribution is 14.1. The number of nitrogens with two attached hydrogens (primary N) is 1. The number of hydrogen-bond donors (Lipinski definition) is 1. The highest BCUT2D eigenvalue weighted by atomic mass is 127. The minimum absolute atomic E-state index is 0.531. The molecule has 0 aliphatic heterocycles. The molecular weight excluding hydrogens is 331 g/mol. The Bertz CT molecular complexity index is 312. The third kappa shape index (κ3) is 2.44. The standard InChI is InChI=1S/C8H6BrIN2/c9-6-1-5(8(12)4-11)2-7(10)3-6/h1-3,8H,12H2. The molecule has 2 N–H and O–H groups in total. The van der Waals surface area contributed by atoms with Gasteiger partial charge in [0.25, 0.3) is 0 Å². The lowest BCUT2D eigenvalue weighted by molar-refractivity contribution is 0.923. The van der Waals surface area contributed by atoms with Crippen LogP contribution in [-0.2, 0) is 0 Å². The van der Waals surface area contributed by atoms with Gasteiger partial charge in [-0.1, -0.05) is 15.9 Å². The first kappa shape index (κ1) is 9.96. The number of rotatable bonds is 1. The van der Waals surface area contributed by atoms with Gasteiger partial charge in [-0.3, -0.25) is 0 Å². The van der Waals surface area contributed by atoms with Gasteiger partial charge in [0.05, 0.1) is 6.07 Å². The molecule has 1 unspecified atom stereocenters. The first-order chi connectivity index (χ1) is 5.63. The maximum atomic E-state index is 8.58. The molecule has 12 heavy (non-hydrogen) atoms. The third-order valence-corrected chi connectivity index (χ3v) is 2.46. The highest BCUT2D eigenvalue weighted by Crippen LogP contribution is 2.20. The summed E-state index contributed by atoms with van der Waals surface area (Å²) in [6.45, 7) is 0. The summed E-state index contributed by atoms with van der Waals surface area (Å²) in [5.74, 6) is 0. The Balaban J connectivity index is 3.10. The van der Waals surface area contributed by atoms with Gasteiger partial charge < -0.3 is 5.73 Å². The highest BCUT2D eigenvalue weighted by Gasteiger charge is 2.05. The topological polar surface area (TPSA) is 49.8 Å². The lowest BCUT2D eigenvalue weighted by atomic mass is 10.1. The van der Waals surface area contributed by atoms with Gasteiger partial charge in [-0.2, -0.15) is 5.26 Å². The maximum absolute atomic E-state index is 8.58. The van der Waals surface area contributed by atoms with Crippen LogP contribution < -0.4 is 5.73 Å². The molecule has 0 fully saturated rings. The van der Waals surface area contributed by atoms with Crippen LogP contribution in [0.15, 0.2) is 22.7 Å². The van der Waals surface area contributed by atoms with Crippen molar-refractivity contribution in [3.63, 3.8) is 0 Å². The van der Waals surface area contributed by atoms with E-state index < -0.39 is 6.04 Å². The van der Waals surface area contributed by atoms with Gasteiger partial charge in [0.2, 0.25) is 0 Å². The zero-order valence-corrected chi connectivity index (χ0v) is 9.83. The largest absolute Gasteiger partial charge is 0.312 e. The Morgan fingerprint density at radius 2 is 2.17 bits per heavy atom. The van der Waals surface area contributed by atoms with Gasteiger partial charge in [-0.15, -0.1) is 0 Å². The predicted octanol–water partition coefficient (Wildman–Crippen LogP) is 2.58. The molecule has 0 spiro atoms. The van der Waals surface area contributed by atoms with E-state index in [4.69, 9.17) is 11.0 Å². The molecule has 1 aromatic rings. The van der Waals surface area contributed by atoms with E-state index in [9.17, 15) is 0 Å². The molecule has 0 amide bonds. The molecule has 0 radical (unpaired) electrons. The van der Waals surface area contributed by atoms with Crippen molar-refractivity contribution in [3.05, 3.63) is 31.8 Å². The van der Waals surface area contributed by atoms with E-state index in [2.05, 4.69) is 38.5 Å². The Morgan fingerprint density at radius 3 is 2.67 bits per heavy atom. The van der Waals surface area contributed by atoms with Crippen LogP contribution >= 0.6 is 38.5 Å². The Hall–Kier alpha value is -0.120. The SMILES string of the molecule is N#CC(N)c1cc(Br)cc(I)c1. The van der Waals surface area contributed by atoms with Crippen LogP contribution in [0.3, 0.4) is 0 Å². The first-order valence-corrected chi connectivity index (χ1v) is 5.12. The Morgan fingerprint density at radius 1 is 1.50 bits per heavy atom. The molecule has 4 heteroatoms. The molecule has 0 aromatic heterocycles. The fourth-order valence-corrected chi connectivity index (χ4v) is 2.46. The first-order valence-electron chi connectivity index (χ1n) is 3.24. The van der Waals surface area contributed by atoms with Crippen molar-refractivity contribution in [2.24, 2.45) is 5.73 Å². The van der Waals surface area contributed by atoms with E-state index in [0.29, 0.717) is 0 Å². The van der Waals surface area contributed by atoms with Gasteiger partial charge in [0, 0.05) is 8.04 Å². The molecular formula is C8H6BrIN2. The molecule has 0 bridgehead atoms. The number of halogens is 2. The van der Waals surface area contributed by atoms with Gasteiger partial charge in [-0.05, 0) is 46.4 Å². The van der Waals surface area contributed by atoms with Gasteiger partial charge >= 0.3 is 0 Å². The lowest BCUT2D eigenvalue weighted by Gasteiger charge is -2.03. The van der Waals surface area contributed by atoms with E-state index in [1.165, 1.54) is 0 Å². The van der Waals surface area contributed by atoms with E-state index in [0.717, 1.165) is 13.6 Å². The minimum atomic E-state index is -0.531. The van der Waals surface area contributed by atoms with Crippen molar-refractivity contribution < 1.29 is 0 Å². The van der Waals surface area contributed by atoms with Crippen LogP contribution in [0.5, 0.6) is 0 Å². The quantitative estimate of drug-likeness (QED) is 0.801. The molecule has 62 valence electrons. The van der Waals surface area contributed by atoms with E-state index in [-0.39, 0.29) is 0 Å². The van der Waals surface area contributed by atoms with Gasteiger partial charge in [0.1, 0.15) is 6.04 Å². The molecule has 1 rings (SSSR count). The molecule has 0 saturated carbocycles. The fourth-order valence-electron chi connectivity index (χ4n) is 0.829. The summed E-state index contributed by atoms with van der Waals surface area (Å²) in [6, 6.07) is 7.18. The fraction of sp³-hybridized carbons (Fsp3) is 0.125. The summed E-state index contributed by atoms with van der Waals surface area (Å²) in [7, 11) is 0. The van der Waals surface area contributed by atoms with Crippen molar-refractivity contribution >= 4 is 38.5 Å². The Labute approximate surface area is 93.0 Å². The summed E-state index contributed by atoms with van der Waals surface area (Å²) < 4.78 is 2.03. The van der Waals surface area contributed by atoms with Crippen LogP contribution in [0.1, 0.15) is 11.6 Å². The van der Waals surface area contributed by atoms with Gasteiger partial charge in [0.15, 0.2) is 0 Å². The summed E-state index contributed by atoms with van der Waals surface area (Å²) in [5, 5.41) is 8.58. The van der Waals surface area contributed by atoms with Crippen LogP contribution in [0, 0.1) is 14.9 Å². The maximum Gasteiger partial charge on any atom is 0.118 e. The second-order valence-electron chi connectivity index (χ2n) is 2.31. The van der Waals surface area contributed by atoms with Crippen molar-refractivity contribution in [2.75, 3.05) is 0 Å². The molecule has 0 saturated heterocycles. The number of nitrogens with zero attached hydrogens (tertiary/aromatic N) is 1. The smallest absolute Gasteiger partial charge is 0.118 e.